The minimum Gasteiger partial charge on any atom is -0.199 e. The maximum atomic E-state index is 7.58. The van der Waals surface area contributed by atoms with E-state index in [1.807, 2.05) is 13.0 Å². The maximum absolute atomic E-state index is 7.58. The maximum Gasteiger partial charge on any atom is 0.212 e. The second-order valence-electron chi connectivity index (χ2n) is 3.88. The fourth-order valence-electron chi connectivity index (χ4n) is 1.81. The Kier molecular flexibility index (Phi) is 1.44. The van der Waals surface area contributed by atoms with Gasteiger partial charge in [-0.3, -0.25) is 0 Å². The molecule has 2 aromatic rings. The van der Waals surface area contributed by atoms with Crippen molar-refractivity contribution >= 4 is 0 Å². The predicted octanol–water partition coefficient (Wildman–Crippen LogP) is 3.10. The van der Waals surface area contributed by atoms with Gasteiger partial charge in [-0.1, -0.05) is 17.7 Å². The monoisotopic (exact) mass is 218 g/mol. The van der Waals surface area contributed by atoms with Crippen molar-refractivity contribution in [1.29, 1.82) is 0 Å². The quantitative estimate of drug-likeness (QED) is 0.648. The number of aryl methyl sites for hydroxylation is 3. The lowest BCUT2D eigenvalue weighted by atomic mass is 10.0. The van der Waals surface area contributed by atoms with Gasteiger partial charge < -0.3 is 0 Å². The molecule has 1 aromatic heterocycles. The summed E-state index contributed by atoms with van der Waals surface area (Å²) in [5.74, 6) is 0. The Morgan fingerprint density at radius 3 is 2.69 bits per heavy atom. The molecule has 82 valence electrons. The first-order valence-electron chi connectivity index (χ1n) is 8.13. The molecule has 0 saturated carbocycles. The van der Waals surface area contributed by atoms with Crippen molar-refractivity contribution in [2.24, 2.45) is 7.05 Å². The van der Waals surface area contributed by atoms with E-state index in [9.17, 15) is 0 Å². The molecule has 1 heterocycles. The molecule has 0 fully saturated rings. The highest BCUT2D eigenvalue weighted by molar-refractivity contribution is 5.61. The van der Waals surface area contributed by atoms with E-state index < -0.39 is 13.7 Å². The molecule has 0 radical (unpaired) electrons. The Labute approximate surface area is 106 Å². The van der Waals surface area contributed by atoms with Crippen LogP contribution in [0.4, 0.5) is 0 Å². The van der Waals surface area contributed by atoms with Crippen molar-refractivity contribution in [3.05, 3.63) is 53.2 Å². The summed E-state index contributed by atoms with van der Waals surface area (Å²) in [5.41, 5.74) is 2.88. The van der Waals surface area contributed by atoms with Crippen LogP contribution in [0.2, 0.25) is 0 Å². The van der Waals surface area contributed by atoms with Gasteiger partial charge in [-0.2, -0.15) is 4.57 Å². The molecular weight excluding hydrogens is 194 g/mol. The lowest BCUT2D eigenvalue weighted by molar-refractivity contribution is -0.666. The van der Waals surface area contributed by atoms with E-state index in [1.54, 1.807) is 41.9 Å². The zero-order valence-corrected chi connectivity index (χ0v) is 9.41. The summed E-state index contributed by atoms with van der Waals surface area (Å²) in [6, 6.07) is 10.0. The van der Waals surface area contributed by atoms with Gasteiger partial charge in [0.25, 0.3) is 0 Å². The number of benzene rings is 1. The number of nitrogens with zero attached hydrogens (tertiary/aromatic N) is 1. The van der Waals surface area contributed by atoms with Crippen LogP contribution in [0, 0.1) is 20.6 Å². The molecule has 16 heavy (non-hydrogen) atoms. The Bertz CT molecular complexity index is 700. The van der Waals surface area contributed by atoms with Gasteiger partial charge in [-0.05, 0) is 31.5 Å². The SMILES string of the molecule is [2H]C([2H])([2H])c1ccc(-c2cccc(C([2H])([2H])[2H])[n+]2C)c(C)c1. The van der Waals surface area contributed by atoms with Crippen LogP contribution in [0.15, 0.2) is 36.4 Å². The first-order chi connectivity index (χ1) is 10.0. The standard InChI is InChI=1S/C15H18N/c1-11-8-9-14(12(2)10-11)15-7-5-6-13(3)16(15)4/h5-10H,1-4H3/q+1/i1D3,3D3. The molecule has 1 aromatic carbocycles. The van der Waals surface area contributed by atoms with E-state index >= 15 is 0 Å². The zero-order chi connectivity index (χ0) is 16.7. The molecule has 1 heteroatoms. The summed E-state index contributed by atoms with van der Waals surface area (Å²) in [6.07, 6.45) is 0. The predicted molar refractivity (Wildman–Crippen MR) is 67.3 cm³/mol. The average Bonchev–Trinajstić information content (AvgIpc) is 2.37. The van der Waals surface area contributed by atoms with Crippen molar-refractivity contribution in [3.8, 4) is 11.3 Å². The van der Waals surface area contributed by atoms with Crippen LogP contribution in [0.25, 0.3) is 11.3 Å². The van der Waals surface area contributed by atoms with Gasteiger partial charge in [0, 0.05) is 32.8 Å². The summed E-state index contributed by atoms with van der Waals surface area (Å²) in [7, 11) is 1.70. The van der Waals surface area contributed by atoms with Crippen molar-refractivity contribution < 1.29 is 12.8 Å². The third-order valence-corrected chi connectivity index (χ3v) is 2.73. The van der Waals surface area contributed by atoms with Crippen LogP contribution in [0.1, 0.15) is 25.0 Å². The molecule has 0 aliphatic carbocycles. The Hall–Kier alpha value is -1.63. The second kappa shape index (κ2) is 4.09. The molecule has 0 saturated heterocycles. The average molecular weight is 218 g/mol. The van der Waals surface area contributed by atoms with Crippen molar-refractivity contribution in [2.75, 3.05) is 0 Å². The van der Waals surface area contributed by atoms with Crippen LogP contribution >= 0.6 is 0 Å². The summed E-state index contributed by atoms with van der Waals surface area (Å²) in [6.45, 7) is -2.52. The molecule has 2 rings (SSSR count). The molecule has 0 unspecified atom stereocenters. The van der Waals surface area contributed by atoms with Gasteiger partial charge in [0.05, 0.1) is 0 Å². The molecule has 0 aliphatic rings. The number of rotatable bonds is 1. The molecule has 0 aliphatic heterocycles. The topological polar surface area (TPSA) is 3.88 Å². The fourth-order valence-corrected chi connectivity index (χ4v) is 1.81. The zero-order valence-electron chi connectivity index (χ0n) is 15.4. The molecule has 1 nitrogen and oxygen atoms in total. The first kappa shape index (κ1) is 5.62. The van der Waals surface area contributed by atoms with Crippen LogP contribution in [-0.4, -0.2) is 0 Å². The van der Waals surface area contributed by atoms with Crippen molar-refractivity contribution in [2.45, 2.75) is 20.6 Å². The van der Waals surface area contributed by atoms with E-state index in [1.165, 1.54) is 0 Å². The van der Waals surface area contributed by atoms with Gasteiger partial charge >= 0.3 is 0 Å². The lowest BCUT2D eigenvalue weighted by Gasteiger charge is -2.06. The van der Waals surface area contributed by atoms with Crippen LogP contribution in [-0.2, 0) is 7.05 Å². The number of hydrogen-bond acceptors (Lipinski definition) is 0. The second-order valence-corrected chi connectivity index (χ2v) is 3.88. The molecule has 0 bridgehead atoms. The third-order valence-electron chi connectivity index (χ3n) is 2.73. The number of aromatic nitrogens is 1. The first-order valence-corrected chi connectivity index (χ1v) is 5.13. The van der Waals surface area contributed by atoms with E-state index in [0.717, 1.165) is 16.8 Å². The minimum atomic E-state index is -2.20. The summed E-state index contributed by atoms with van der Waals surface area (Å²) in [4.78, 5) is 0. The van der Waals surface area contributed by atoms with Gasteiger partial charge in [0.15, 0.2) is 5.69 Å². The molecule has 0 atom stereocenters. The van der Waals surface area contributed by atoms with Crippen LogP contribution < -0.4 is 4.57 Å². The normalized spacial score (nSPS) is 17.6. The van der Waals surface area contributed by atoms with Gasteiger partial charge in [0.1, 0.15) is 7.05 Å². The fraction of sp³-hybridized carbons (Fsp3) is 0.267. The lowest BCUT2D eigenvalue weighted by Crippen LogP contribution is -2.34. The van der Waals surface area contributed by atoms with Crippen LogP contribution in [0.5, 0.6) is 0 Å². The summed E-state index contributed by atoms with van der Waals surface area (Å²) < 4.78 is 46.7. The molecular formula is C15H18N+. The number of hydrogen-bond donors (Lipinski definition) is 0. The van der Waals surface area contributed by atoms with E-state index in [2.05, 4.69) is 0 Å². The van der Waals surface area contributed by atoms with E-state index in [-0.39, 0.29) is 11.3 Å². The van der Waals surface area contributed by atoms with E-state index in [4.69, 9.17) is 8.22 Å². The highest BCUT2D eigenvalue weighted by Gasteiger charge is 2.13. The number of pyridine rings is 1. The Balaban J connectivity index is 2.59. The highest BCUT2D eigenvalue weighted by atomic mass is 14.9. The molecule has 0 spiro atoms. The third kappa shape index (κ3) is 1.85. The summed E-state index contributed by atoms with van der Waals surface area (Å²) in [5, 5.41) is 0. The smallest absolute Gasteiger partial charge is 0.199 e. The van der Waals surface area contributed by atoms with E-state index in [0.29, 0.717) is 0 Å². The van der Waals surface area contributed by atoms with Gasteiger partial charge in [0.2, 0.25) is 5.69 Å². The van der Waals surface area contributed by atoms with Crippen molar-refractivity contribution in [1.82, 2.24) is 0 Å². The van der Waals surface area contributed by atoms with Crippen LogP contribution in [0.3, 0.4) is 0 Å². The molecule has 0 amide bonds. The van der Waals surface area contributed by atoms with Crippen molar-refractivity contribution in [3.63, 3.8) is 0 Å². The Morgan fingerprint density at radius 1 is 1.12 bits per heavy atom. The van der Waals surface area contributed by atoms with Gasteiger partial charge in [-0.15, -0.1) is 0 Å². The Morgan fingerprint density at radius 2 is 2.00 bits per heavy atom. The largest absolute Gasteiger partial charge is 0.212 e. The molecule has 0 N–H and O–H groups in total. The van der Waals surface area contributed by atoms with Gasteiger partial charge in [-0.25, -0.2) is 0 Å². The minimum absolute atomic E-state index is 0.240. The highest BCUT2D eigenvalue weighted by Crippen LogP contribution is 2.21. The summed E-state index contributed by atoms with van der Waals surface area (Å²) >= 11 is 0.